The number of likely N-dealkylation sites (tertiary alicyclic amines) is 1. The van der Waals surface area contributed by atoms with Gasteiger partial charge in [0.15, 0.2) is 5.65 Å². The molecule has 0 radical (unpaired) electrons. The Morgan fingerprint density at radius 2 is 1.89 bits per heavy atom. The third kappa shape index (κ3) is 4.21. The monoisotopic (exact) mass is 516 g/mol. The normalized spacial score (nSPS) is 17.2. The van der Waals surface area contributed by atoms with Gasteiger partial charge < -0.3 is 19.5 Å². The van der Waals surface area contributed by atoms with Gasteiger partial charge in [-0.05, 0) is 43.0 Å². The lowest BCUT2D eigenvalue weighted by atomic mass is 9.95. The van der Waals surface area contributed by atoms with Crippen molar-refractivity contribution >= 4 is 28.4 Å². The van der Waals surface area contributed by atoms with Crippen molar-refractivity contribution in [1.29, 1.82) is 0 Å². The minimum absolute atomic E-state index is 0.204. The molecule has 0 atom stereocenters. The first-order chi connectivity index (χ1) is 18.3. The second-order valence-corrected chi connectivity index (χ2v) is 10.9. The molecular weight excluding hydrogens is 480 g/mol. The molecule has 2 fully saturated rings. The molecule has 10 heteroatoms. The van der Waals surface area contributed by atoms with E-state index in [1.54, 1.807) is 13.4 Å². The molecule has 0 aliphatic carbocycles. The van der Waals surface area contributed by atoms with E-state index in [2.05, 4.69) is 70.9 Å². The molecule has 0 saturated carbocycles. The van der Waals surface area contributed by atoms with Crippen LogP contribution >= 0.6 is 0 Å². The Morgan fingerprint density at radius 1 is 1.13 bits per heavy atom. The Bertz CT molecular complexity index is 1490. The number of carbonyl (C=O) groups excluding carboxylic acids is 1. The third-order valence-corrected chi connectivity index (χ3v) is 8.21. The Labute approximate surface area is 222 Å². The van der Waals surface area contributed by atoms with Gasteiger partial charge in [-0.3, -0.25) is 9.69 Å². The molecule has 0 aromatic carbocycles. The average molecular weight is 517 g/mol. The molecule has 2 saturated heterocycles. The highest BCUT2D eigenvalue weighted by Gasteiger charge is 2.30. The smallest absolute Gasteiger partial charge is 0.236 e. The molecule has 4 aromatic heterocycles. The minimum atomic E-state index is 0.204. The van der Waals surface area contributed by atoms with E-state index < -0.39 is 0 Å². The molecule has 0 bridgehead atoms. The topological polar surface area (TPSA) is 94.9 Å². The van der Waals surface area contributed by atoms with E-state index in [4.69, 9.17) is 9.72 Å². The first kappa shape index (κ1) is 24.8. The summed E-state index contributed by atoms with van der Waals surface area (Å²) in [5.41, 5.74) is 8.66. The molecular formula is C28H36N8O2. The van der Waals surface area contributed by atoms with Crippen molar-refractivity contribution in [2.24, 2.45) is 0 Å². The predicted molar refractivity (Wildman–Crippen MR) is 148 cm³/mol. The number of rotatable bonds is 6. The summed E-state index contributed by atoms with van der Waals surface area (Å²) >= 11 is 0. The molecule has 1 amide bonds. The second kappa shape index (κ2) is 9.67. The number of aromatic nitrogens is 5. The number of carbonyl (C=O) groups is 1. The summed E-state index contributed by atoms with van der Waals surface area (Å²) in [5.74, 6) is 1.44. The Morgan fingerprint density at radius 3 is 2.61 bits per heavy atom. The van der Waals surface area contributed by atoms with Crippen molar-refractivity contribution in [2.45, 2.75) is 39.7 Å². The van der Waals surface area contributed by atoms with E-state index in [0.717, 1.165) is 65.5 Å². The highest BCUT2D eigenvalue weighted by atomic mass is 16.5. The minimum Gasteiger partial charge on any atom is -0.379 e. The van der Waals surface area contributed by atoms with Gasteiger partial charge in [0.25, 0.3) is 0 Å². The Hall–Kier alpha value is -3.50. The number of hydrogen-bond donors (Lipinski definition) is 1. The lowest BCUT2D eigenvalue weighted by molar-refractivity contribution is -0.136. The highest BCUT2D eigenvalue weighted by Crippen LogP contribution is 2.38. The van der Waals surface area contributed by atoms with Crippen LogP contribution in [0.15, 0.2) is 24.7 Å². The molecule has 6 heterocycles. The molecule has 2 aliphatic rings. The number of anilines is 1. The van der Waals surface area contributed by atoms with Gasteiger partial charge in [-0.15, -0.1) is 0 Å². The van der Waals surface area contributed by atoms with Gasteiger partial charge in [0.2, 0.25) is 5.91 Å². The number of hydrogen-bond acceptors (Lipinski definition) is 7. The van der Waals surface area contributed by atoms with Gasteiger partial charge in [-0.25, -0.2) is 14.5 Å². The zero-order valence-corrected chi connectivity index (χ0v) is 22.9. The van der Waals surface area contributed by atoms with Crippen LogP contribution in [0, 0.1) is 13.8 Å². The van der Waals surface area contributed by atoms with Crippen molar-refractivity contribution < 1.29 is 9.53 Å². The van der Waals surface area contributed by atoms with Crippen LogP contribution in [-0.4, -0.2) is 99.3 Å². The Balaban J connectivity index is 1.24. The molecule has 4 aromatic rings. The largest absolute Gasteiger partial charge is 0.379 e. The van der Waals surface area contributed by atoms with Crippen molar-refractivity contribution in [3.63, 3.8) is 0 Å². The molecule has 0 spiro atoms. The average Bonchev–Trinajstić information content (AvgIpc) is 3.52. The molecule has 200 valence electrons. The number of ether oxygens (including phenoxy) is 1. The van der Waals surface area contributed by atoms with Crippen LogP contribution in [0.2, 0.25) is 0 Å². The molecule has 2 aliphatic heterocycles. The number of piperazine rings is 1. The second-order valence-electron chi connectivity index (χ2n) is 10.9. The first-order valence-corrected chi connectivity index (χ1v) is 13.4. The zero-order chi connectivity index (χ0) is 26.6. The first-order valence-electron chi connectivity index (χ1n) is 13.4. The zero-order valence-electron chi connectivity index (χ0n) is 22.9. The lowest BCUT2D eigenvalue weighted by Crippen LogP contribution is -2.57. The number of aromatic amines is 1. The summed E-state index contributed by atoms with van der Waals surface area (Å²) in [6, 6.07) is 4.23. The summed E-state index contributed by atoms with van der Waals surface area (Å²) in [6.45, 7) is 13.8. The van der Waals surface area contributed by atoms with Crippen LogP contribution in [0.25, 0.3) is 27.9 Å². The quantitative estimate of drug-likeness (QED) is 0.421. The molecule has 6 rings (SSSR count). The van der Waals surface area contributed by atoms with E-state index >= 15 is 0 Å². The SMILES string of the molecule is COC1CN(CC(=O)N2CCN(c3ccc4[nH]c(-c5cn6ncnc6c(C)c5C)c(C(C)C)c4n3)CC2)C1. The van der Waals surface area contributed by atoms with Crippen molar-refractivity contribution in [1.82, 2.24) is 34.4 Å². The lowest BCUT2D eigenvalue weighted by Gasteiger charge is -2.40. The number of pyridine rings is 2. The van der Waals surface area contributed by atoms with E-state index in [1.165, 1.54) is 11.1 Å². The summed E-state index contributed by atoms with van der Waals surface area (Å²) in [7, 11) is 1.73. The molecule has 10 nitrogen and oxygen atoms in total. The van der Waals surface area contributed by atoms with Crippen LogP contribution < -0.4 is 4.90 Å². The number of nitrogens with one attached hydrogen (secondary N) is 1. The van der Waals surface area contributed by atoms with E-state index in [-0.39, 0.29) is 17.9 Å². The summed E-state index contributed by atoms with van der Waals surface area (Å²) in [4.78, 5) is 32.5. The van der Waals surface area contributed by atoms with Gasteiger partial charge in [0.05, 0.1) is 29.4 Å². The maximum absolute atomic E-state index is 12.8. The summed E-state index contributed by atoms with van der Waals surface area (Å²) < 4.78 is 7.17. The summed E-state index contributed by atoms with van der Waals surface area (Å²) in [5, 5.41) is 4.39. The van der Waals surface area contributed by atoms with Crippen molar-refractivity contribution in [2.75, 3.05) is 57.8 Å². The van der Waals surface area contributed by atoms with Gasteiger partial charge >= 0.3 is 0 Å². The van der Waals surface area contributed by atoms with Crippen LogP contribution in [0.4, 0.5) is 5.82 Å². The van der Waals surface area contributed by atoms with Gasteiger partial charge in [0.1, 0.15) is 12.1 Å². The van der Waals surface area contributed by atoms with Gasteiger partial charge in [0, 0.05) is 63.7 Å². The van der Waals surface area contributed by atoms with E-state index in [9.17, 15) is 4.79 Å². The number of methoxy groups -OCH3 is 1. The van der Waals surface area contributed by atoms with Crippen LogP contribution in [0.3, 0.4) is 0 Å². The fourth-order valence-corrected chi connectivity index (χ4v) is 5.76. The predicted octanol–water partition coefficient (Wildman–Crippen LogP) is 2.99. The van der Waals surface area contributed by atoms with Gasteiger partial charge in [-0.1, -0.05) is 13.8 Å². The fraction of sp³-hybridized carbons (Fsp3) is 0.500. The number of amides is 1. The standard InChI is InChI=1S/C28H36N8O2/c1-17(2)25-26(21-14-36-28(29-16-30-36)19(4)18(21)3)31-22-6-7-23(32-27(22)25)34-8-10-35(11-9-34)24(37)15-33-12-20(13-33)38-5/h6-7,14,16-17,20,31H,8-13,15H2,1-5H3. The van der Waals surface area contributed by atoms with Crippen molar-refractivity contribution in [3.05, 3.63) is 41.3 Å². The maximum Gasteiger partial charge on any atom is 0.236 e. The number of nitrogens with zero attached hydrogens (tertiary/aromatic N) is 7. The van der Waals surface area contributed by atoms with E-state index in [0.29, 0.717) is 19.6 Å². The van der Waals surface area contributed by atoms with Crippen LogP contribution in [0.5, 0.6) is 0 Å². The Kier molecular flexibility index (Phi) is 6.31. The van der Waals surface area contributed by atoms with Crippen molar-refractivity contribution in [3.8, 4) is 11.3 Å². The van der Waals surface area contributed by atoms with Gasteiger partial charge in [-0.2, -0.15) is 5.10 Å². The van der Waals surface area contributed by atoms with Crippen LogP contribution in [0.1, 0.15) is 36.5 Å². The maximum atomic E-state index is 12.8. The highest BCUT2D eigenvalue weighted by molar-refractivity contribution is 5.90. The van der Waals surface area contributed by atoms with Crippen LogP contribution in [-0.2, 0) is 9.53 Å². The number of H-pyrrole nitrogens is 1. The molecule has 1 N–H and O–H groups in total. The fourth-order valence-electron chi connectivity index (χ4n) is 5.76. The number of aryl methyl sites for hydroxylation is 1. The molecule has 38 heavy (non-hydrogen) atoms. The molecule has 0 unspecified atom stereocenters. The number of fused-ring (bicyclic) bond motifs is 2. The third-order valence-electron chi connectivity index (χ3n) is 8.21. The summed E-state index contributed by atoms with van der Waals surface area (Å²) in [6.07, 6.45) is 3.93. The van der Waals surface area contributed by atoms with E-state index in [1.807, 2.05) is 9.42 Å².